The highest BCUT2D eigenvalue weighted by Gasteiger charge is 2.14. The smallest absolute Gasteiger partial charge is 0.277 e. The highest BCUT2D eigenvalue weighted by atomic mass is 32.2. The Hall–Kier alpha value is -2.61. The number of amides is 1. The van der Waals surface area contributed by atoms with Gasteiger partial charge in [-0.05, 0) is 38.0 Å². The van der Waals surface area contributed by atoms with Gasteiger partial charge in [0.2, 0.25) is 5.91 Å². The molecule has 124 valence electrons. The van der Waals surface area contributed by atoms with Gasteiger partial charge in [0.1, 0.15) is 5.76 Å². The SMILES string of the molecule is Cc1cc(-c2nnc(SCC(=O)Nc3cccc(C)c3C)o2)no1. The van der Waals surface area contributed by atoms with Crippen LogP contribution in [0.15, 0.2) is 38.4 Å². The molecule has 24 heavy (non-hydrogen) atoms. The van der Waals surface area contributed by atoms with Crippen molar-refractivity contribution in [3.8, 4) is 11.6 Å². The Morgan fingerprint density at radius 1 is 1.25 bits per heavy atom. The Balaban J connectivity index is 1.59. The summed E-state index contributed by atoms with van der Waals surface area (Å²) in [5, 5.41) is 14.8. The van der Waals surface area contributed by atoms with Crippen molar-refractivity contribution in [2.24, 2.45) is 0 Å². The number of nitrogens with one attached hydrogen (secondary N) is 1. The van der Waals surface area contributed by atoms with Crippen LogP contribution in [-0.4, -0.2) is 27.0 Å². The molecule has 8 heteroatoms. The van der Waals surface area contributed by atoms with E-state index in [1.54, 1.807) is 13.0 Å². The zero-order valence-corrected chi connectivity index (χ0v) is 14.3. The number of aryl methyl sites for hydroxylation is 2. The van der Waals surface area contributed by atoms with E-state index in [0.717, 1.165) is 16.8 Å². The van der Waals surface area contributed by atoms with Gasteiger partial charge in [-0.15, -0.1) is 10.2 Å². The molecule has 0 spiro atoms. The first kappa shape index (κ1) is 16.3. The number of rotatable bonds is 5. The highest BCUT2D eigenvalue weighted by molar-refractivity contribution is 7.99. The van der Waals surface area contributed by atoms with Crippen molar-refractivity contribution < 1.29 is 13.7 Å². The Morgan fingerprint density at radius 3 is 2.83 bits per heavy atom. The molecule has 2 heterocycles. The van der Waals surface area contributed by atoms with E-state index < -0.39 is 0 Å². The van der Waals surface area contributed by atoms with Crippen molar-refractivity contribution in [2.45, 2.75) is 26.0 Å². The minimum absolute atomic E-state index is 0.134. The van der Waals surface area contributed by atoms with E-state index in [4.69, 9.17) is 8.94 Å². The molecule has 1 aromatic carbocycles. The van der Waals surface area contributed by atoms with E-state index in [0.29, 0.717) is 16.7 Å². The second-order valence-electron chi connectivity index (χ2n) is 5.28. The van der Waals surface area contributed by atoms with Crippen LogP contribution in [0.3, 0.4) is 0 Å². The van der Waals surface area contributed by atoms with E-state index in [9.17, 15) is 4.79 Å². The average Bonchev–Trinajstić information content (AvgIpc) is 3.18. The lowest BCUT2D eigenvalue weighted by Gasteiger charge is -2.09. The van der Waals surface area contributed by atoms with Crippen LogP contribution < -0.4 is 5.32 Å². The third-order valence-electron chi connectivity index (χ3n) is 3.46. The fourth-order valence-corrected chi connectivity index (χ4v) is 2.60. The summed E-state index contributed by atoms with van der Waals surface area (Å²) < 4.78 is 10.4. The van der Waals surface area contributed by atoms with Gasteiger partial charge in [0.15, 0.2) is 5.69 Å². The number of aromatic nitrogens is 3. The molecule has 0 saturated heterocycles. The summed E-state index contributed by atoms with van der Waals surface area (Å²) in [7, 11) is 0. The first-order valence-corrected chi connectivity index (χ1v) is 8.27. The summed E-state index contributed by atoms with van der Waals surface area (Å²) in [5.41, 5.74) is 3.47. The fourth-order valence-electron chi connectivity index (χ4n) is 2.04. The van der Waals surface area contributed by atoms with Crippen molar-refractivity contribution in [3.63, 3.8) is 0 Å². The van der Waals surface area contributed by atoms with Gasteiger partial charge in [0, 0.05) is 11.8 Å². The molecule has 0 radical (unpaired) electrons. The first-order valence-electron chi connectivity index (χ1n) is 7.29. The van der Waals surface area contributed by atoms with Gasteiger partial charge >= 0.3 is 0 Å². The van der Waals surface area contributed by atoms with Crippen molar-refractivity contribution in [2.75, 3.05) is 11.1 Å². The minimum atomic E-state index is -0.134. The fraction of sp³-hybridized carbons (Fsp3) is 0.250. The number of anilines is 1. The third kappa shape index (κ3) is 3.65. The van der Waals surface area contributed by atoms with Gasteiger partial charge in [-0.25, -0.2) is 0 Å². The van der Waals surface area contributed by atoms with Crippen molar-refractivity contribution in [1.82, 2.24) is 15.4 Å². The van der Waals surface area contributed by atoms with Gasteiger partial charge in [-0.1, -0.05) is 29.1 Å². The lowest BCUT2D eigenvalue weighted by atomic mass is 10.1. The van der Waals surface area contributed by atoms with Crippen LogP contribution in [0.25, 0.3) is 11.6 Å². The number of nitrogens with zero attached hydrogens (tertiary/aromatic N) is 3. The average molecular weight is 344 g/mol. The molecule has 0 unspecified atom stereocenters. The number of carbonyl (C=O) groups excluding carboxylic acids is 1. The zero-order valence-electron chi connectivity index (χ0n) is 13.5. The van der Waals surface area contributed by atoms with E-state index in [1.807, 2.05) is 32.0 Å². The molecule has 3 aromatic rings. The number of hydrogen-bond donors (Lipinski definition) is 1. The van der Waals surface area contributed by atoms with Gasteiger partial charge < -0.3 is 14.3 Å². The van der Waals surface area contributed by atoms with Gasteiger partial charge in [0.25, 0.3) is 11.1 Å². The number of thioether (sulfide) groups is 1. The molecule has 0 aliphatic heterocycles. The Bertz CT molecular complexity index is 872. The second kappa shape index (κ2) is 6.88. The summed E-state index contributed by atoms with van der Waals surface area (Å²) in [6, 6.07) is 7.50. The summed E-state index contributed by atoms with van der Waals surface area (Å²) in [6.45, 7) is 5.76. The first-order chi connectivity index (χ1) is 11.5. The van der Waals surface area contributed by atoms with Crippen molar-refractivity contribution in [3.05, 3.63) is 41.2 Å². The molecule has 0 saturated carbocycles. The van der Waals surface area contributed by atoms with E-state index in [1.165, 1.54) is 11.8 Å². The Labute approximate surface area is 142 Å². The zero-order chi connectivity index (χ0) is 17.1. The summed E-state index contributed by atoms with van der Waals surface area (Å²) >= 11 is 1.17. The molecule has 1 N–H and O–H groups in total. The highest BCUT2D eigenvalue weighted by Crippen LogP contribution is 2.23. The molecule has 0 aliphatic carbocycles. The van der Waals surface area contributed by atoms with Crippen LogP contribution in [0.2, 0.25) is 0 Å². The molecule has 7 nitrogen and oxygen atoms in total. The van der Waals surface area contributed by atoms with Gasteiger partial charge in [-0.2, -0.15) is 0 Å². The Morgan fingerprint density at radius 2 is 2.08 bits per heavy atom. The normalized spacial score (nSPS) is 10.8. The summed E-state index contributed by atoms with van der Waals surface area (Å²) in [5.74, 6) is 0.965. The predicted octanol–water partition coefficient (Wildman–Crippen LogP) is 3.38. The number of benzene rings is 1. The van der Waals surface area contributed by atoms with E-state index in [2.05, 4.69) is 20.7 Å². The Kier molecular flexibility index (Phi) is 4.66. The van der Waals surface area contributed by atoms with Crippen LogP contribution in [0.1, 0.15) is 16.9 Å². The quantitative estimate of drug-likeness (QED) is 0.709. The maximum Gasteiger partial charge on any atom is 0.277 e. The molecular weight excluding hydrogens is 328 g/mol. The standard InChI is InChI=1S/C16H16N4O3S/c1-9-5-4-6-12(11(9)3)17-14(21)8-24-16-19-18-15(22-16)13-7-10(2)23-20-13/h4-7H,8H2,1-3H3,(H,17,21). The van der Waals surface area contributed by atoms with Gasteiger partial charge in [-0.3, -0.25) is 4.79 Å². The molecule has 1 amide bonds. The molecular formula is C16H16N4O3S. The lowest BCUT2D eigenvalue weighted by molar-refractivity contribution is -0.113. The van der Waals surface area contributed by atoms with Crippen LogP contribution in [-0.2, 0) is 4.79 Å². The predicted molar refractivity (Wildman–Crippen MR) is 89.8 cm³/mol. The number of carbonyl (C=O) groups is 1. The van der Waals surface area contributed by atoms with Crippen molar-refractivity contribution in [1.29, 1.82) is 0 Å². The van der Waals surface area contributed by atoms with Crippen LogP contribution in [0.5, 0.6) is 0 Å². The monoisotopic (exact) mass is 344 g/mol. The third-order valence-corrected chi connectivity index (χ3v) is 4.28. The molecule has 0 bridgehead atoms. The van der Waals surface area contributed by atoms with Crippen LogP contribution >= 0.6 is 11.8 Å². The van der Waals surface area contributed by atoms with Crippen molar-refractivity contribution >= 4 is 23.4 Å². The molecule has 3 rings (SSSR count). The van der Waals surface area contributed by atoms with Gasteiger partial charge in [0.05, 0.1) is 5.75 Å². The summed E-state index contributed by atoms with van der Waals surface area (Å²) in [6.07, 6.45) is 0. The summed E-state index contributed by atoms with van der Waals surface area (Å²) in [4.78, 5) is 12.1. The largest absolute Gasteiger partial charge is 0.409 e. The molecule has 0 atom stereocenters. The topological polar surface area (TPSA) is 94.1 Å². The second-order valence-corrected chi connectivity index (χ2v) is 6.21. The van der Waals surface area contributed by atoms with Crippen LogP contribution in [0, 0.1) is 20.8 Å². The molecule has 0 aliphatic rings. The van der Waals surface area contributed by atoms with Crippen LogP contribution in [0.4, 0.5) is 5.69 Å². The van der Waals surface area contributed by atoms with E-state index >= 15 is 0 Å². The minimum Gasteiger partial charge on any atom is -0.409 e. The lowest BCUT2D eigenvalue weighted by Crippen LogP contribution is -2.15. The molecule has 2 aromatic heterocycles. The maximum absolute atomic E-state index is 12.1. The number of hydrogen-bond acceptors (Lipinski definition) is 7. The maximum atomic E-state index is 12.1. The molecule has 0 fully saturated rings. The van der Waals surface area contributed by atoms with E-state index in [-0.39, 0.29) is 17.6 Å².